The SMILES string of the molecule is C[C@H](N[C@H](c1ccccc1)c1ccc(OC(F)F)cc1)C(=O)NC(N)=O. The van der Waals surface area contributed by atoms with Crippen LogP contribution >= 0.6 is 0 Å². The number of carbonyl (C=O) groups excluding carboxylic acids is 2. The van der Waals surface area contributed by atoms with Crippen molar-refractivity contribution in [3.63, 3.8) is 0 Å². The molecule has 0 radical (unpaired) electrons. The lowest BCUT2D eigenvalue weighted by Crippen LogP contribution is -2.47. The van der Waals surface area contributed by atoms with Crippen LogP contribution in [0, 0.1) is 0 Å². The minimum absolute atomic E-state index is 0.0371. The number of nitrogens with two attached hydrogens (primary N) is 1. The van der Waals surface area contributed by atoms with Gasteiger partial charge in [-0.15, -0.1) is 0 Å². The van der Waals surface area contributed by atoms with Gasteiger partial charge >= 0.3 is 12.6 Å². The third kappa shape index (κ3) is 5.52. The first-order valence-electron chi connectivity index (χ1n) is 7.83. The molecule has 138 valence electrons. The van der Waals surface area contributed by atoms with Crippen LogP contribution in [0.4, 0.5) is 13.6 Å². The quantitative estimate of drug-likeness (QED) is 0.705. The van der Waals surface area contributed by atoms with E-state index in [1.54, 1.807) is 19.1 Å². The first-order chi connectivity index (χ1) is 12.4. The first kappa shape index (κ1) is 19.3. The van der Waals surface area contributed by atoms with Gasteiger partial charge in [-0.3, -0.25) is 15.4 Å². The molecule has 0 heterocycles. The number of hydrogen-bond donors (Lipinski definition) is 3. The van der Waals surface area contributed by atoms with Gasteiger partial charge in [-0.2, -0.15) is 8.78 Å². The number of ether oxygens (including phenoxy) is 1. The second-order valence-electron chi connectivity index (χ2n) is 5.53. The van der Waals surface area contributed by atoms with E-state index < -0.39 is 30.6 Å². The standard InChI is InChI=1S/C18H19F2N3O3/c1-11(16(24)23-18(21)25)22-15(12-5-3-2-4-6-12)13-7-9-14(10-8-13)26-17(19)20/h2-11,15,17,22H,1H3,(H3,21,23,24,25)/t11-,15+/m0/s1. The van der Waals surface area contributed by atoms with Crippen molar-refractivity contribution in [2.75, 3.05) is 0 Å². The lowest BCUT2D eigenvalue weighted by Gasteiger charge is -2.24. The Kier molecular flexibility index (Phi) is 6.62. The van der Waals surface area contributed by atoms with Crippen LogP contribution in [0.25, 0.3) is 0 Å². The number of rotatable bonds is 7. The summed E-state index contributed by atoms with van der Waals surface area (Å²) in [6.45, 7) is -1.32. The lowest BCUT2D eigenvalue weighted by molar-refractivity contribution is -0.121. The maximum absolute atomic E-state index is 12.3. The molecule has 2 aromatic carbocycles. The summed E-state index contributed by atoms with van der Waals surface area (Å²) in [6, 6.07) is 13.3. The number of amides is 3. The van der Waals surface area contributed by atoms with E-state index in [4.69, 9.17) is 5.73 Å². The first-order valence-corrected chi connectivity index (χ1v) is 7.83. The summed E-state index contributed by atoms with van der Waals surface area (Å²) < 4.78 is 28.9. The smallest absolute Gasteiger partial charge is 0.387 e. The van der Waals surface area contributed by atoms with Gasteiger partial charge < -0.3 is 10.5 Å². The van der Waals surface area contributed by atoms with Gasteiger partial charge in [-0.05, 0) is 30.2 Å². The summed E-state index contributed by atoms with van der Waals surface area (Å²) in [6.07, 6.45) is 0. The van der Waals surface area contributed by atoms with E-state index in [2.05, 4.69) is 10.1 Å². The number of imide groups is 1. The number of carbonyl (C=O) groups is 2. The molecule has 8 heteroatoms. The third-order valence-corrected chi connectivity index (χ3v) is 3.63. The average molecular weight is 363 g/mol. The van der Waals surface area contributed by atoms with Gasteiger partial charge in [0.25, 0.3) is 0 Å². The van der Waals surface area contributed by atoms with E-state index in [1.165, 1.54) is 12.1 Å². The zero-order chi connectivity index (χ0) is 19.1. The Morgan fingerprint density at radius 2 is 1.58 bits per heavy atom. The molecule has 0 saturated heterocycles. The van der Waals surface area contributed by atoms with Crippen LogP contribution in [0.1, 0.15) is 24.1 Å². The van der Waals surface area contributed by atoms with Crippen molar-refractivity contribution in [2.45, 2.75) is 25.6 Å². The zero-order valence-electron chi connectivity index (χ0n) is 14.0. The maximum Gasteiger partial charge on any atom is 0.387 e. The lowest BCUT2D eigenvalue weighted by atomic mass is 9.97. The molecule has 6 nitrogen and oxygen atoms in total. The molecule has 0 aromatic heterocycles. The molecular weight excluding hydrogens is 344 g/mol. The van der Waals surface area contributed by atoms with Gasteiger partial charge in [-0.25, -0.2) is 4.79 Å². The summed E-state index contributed by atoms with van der Waals surface area (Å²) >= 11 is 0. The monoisotopic (exact) mass is 363 g/mol. The fourth-order valence-electron chi connectivity index (χ4n) is 2.43. The predicted molar refractivity (Wildman–Crippen MR) is 91.7 cm³/mol. The van der Waals surface area contributed by atoms with Crippen molar-refractivity contribution in [1.82, 2.24) is 10.6 Å². The van der Waals surface area contributed by atoms with Gasteiger partial charge in [0.15, 0.2) is 0 Å². The molecule has 2 rings (SSSR count). The Balaban J connectivity index is 2.24. The molecule has 0 unspecified atom stereocenters. The molecule has 0 aliphatic carbocycles. The Bertz CT molecular complexity index is 739. The highest BCUT2D eigenvalue weighted by molar-refractivity contribution is 5.96. The minimum Gasteiger partial charge on any atom is -0.435 e. The van der Waals surface area contributed by atoms with Crippen molar-refractivity contribution in [2.24, 2.45) is 5.73 Å². The highest BCUT2D eigenvalue weighted by Gasteiger charge is 2.21. The predicted octanol–water partition coefficient (Wildman–Crippen LogP) is 2.55. The topological polar surface area (TPSA) is 93.4 Å². The minimum atomic E-state index is -2.90. The van der Waals surface area contributed by atoms with E-state index in [9.17, 15) is 18.4 Å². The van der Waals surface area contributed by atoms with Gasteiger partial charge in [0.1, 0.15) is 5.75 Å². The molecule has 2 aromatic rings. The Hall–Kier alpha value is -3.00. The number of primary amides is 1. The highest BCUT2D eigenvalue weighted by Crippen LogP contribution is 2.25. The number of nitrogens with one attached hydrogen (secondary N) is 2. The van der Waals surface area contributed by atoms with Crippen molar-refractivity contribution in [3.8, 4) is 5.75 Å². The van der Waals surface area contributed by atoms with Crippen molar-refractivity contribution in [3.05, 3.63) is 65.7 Å². The molecule has 0 aliphatic rings. The van der Waals surface area contributed by atoms with E-state index in [0.29, 0.717) is 0 Å². The van der Waals surface area contributed by atoms with Crippen LogP contribution in [0.2, 0.25) is 0 Å². The average Bonchev–Trinajstić information content (AvgIpc) is 2.60. The highest BCUT2D eigenvalue weighted by atomic mass is 19.3. The van der Waals surface area contributed by atoms with E-state index in [-0.39, 0.29) is 5.75 Å². The van der Waals surface area contributed by atoms with Gasteiger partial charge in [0, 0.05) is 0 Å². The number of alkyl halides is 2. The third-order valence-electron chi connectivity index (χ3n) is 3.63. The number of urea groups is 1. The van der Waals surface area contributed by atoms with E-state index in [1.807, 2.05) is 35.6 Å². The molecule has 0 spiro atoms. The van der Waals surface area contributed by atoms with E-state index in [0.717, 1.165) is 11.1 Å². The maximum atomic E-state index is 12.3. The van der Waals surface area contributed by atoms with Crippen LogP contribution < -0.4 is 21.1 Å². The summed E-state index contributed by atoms with van der Waals surface area (Å²) in [7, 11) is 0. The Morgan fingerprint density at radius 3 is 2.12 bits per heavy atom. The summed E-state index contributed by atoms with van der Waals surface area (Å²) in [5.74, 6) is -0.536. The second kappa shape index (κ2) is 8.91. The molecule has 0 bridgehead atoms. The Labute approximate surface area is 149 Å². The van der Waals surface area contributed by atoms with Crippen LogP contribution in [-0.4, -0.2) is 24.6 Å². The largest absolute Gasteiger partial charge is 0.435 e. The molecule has 2 atom stereocenters. The fourth-order valence-corrected chi connectivity index (χ4v) is 2.43. The number of halogens is 2. The molecular formula is C18H19F2N3O3. The van der Waals surface area contributed by atoms with Crippen molar-refractivity contribution in [1.29, 1.82) is 0 Å². The Morgan fingerprint density at radius 1 is 1.00 bits per heavy atom. The molecule has 26 heavy (non-hydrogen) atoms. The van der Waals surface area contributed by atoms with Crippen molar-refractivity contribution < 1.29 is 23.1 Å². The fraction of sp³-hybridized carbons (Fsp3) is 0.222. The zero-order valence-corrected chi connectivity index (χ0v) is 14.0. The molecule has 0 saturated carbocycles. The van der Waals surface area contributed by atoms with Gasteiger partial charge in [0.2, 0.25) is 5.91 Å². The summed E-state index contributed by atoms with van der Waals surface area (Å²) in [5, 5.41) is 5.12. The summed E-state index contributed by atoms with van der Waals surface area (Å²) in [5.41, 5.74) is 6.55. The van der Waals surface area contributed by atoms with Gasteiger partial charge in [-0.1, -0.05) is 42.5 Å². The normalized spacial score (nSPS) is 13.1. The molecule has 0 aliphatic heterocycles. The van der Waals surface area contributed by atoms with Gasteiger partial charge in [0.05, 0.1) is 12.1 Å². The van der Waals surface area contributed by atoms with Crippen LogP contribution in [-0.2, 0) is 4.79 Å². The summed E-state index contributed by atoms with van der Waals surface area (Å²) in [4.78, 5) is 22.8. The van der Waals surface area contributed by atoms with Crippen LogP contribution in [0.3, 0.4) is 0 Å². The van der Waals surface area contributed by atoms with Crippen LogP contribution in [0.15, 0.2) is 54.6 Å². The molecule has 0 fully saturated rings. The van der Waals surface area contributed by atoms with Crippen molar-refractivity contribution >= 4 is 11.9 Å². The second-order valence-corrected chi connectivity index (χ2v) is 5.53. The van der Waals surface area contributed by atoms with Crippen LogP contribution in [0.5, 0.6) is 5.75 Å². The number of benzene rings is 2. The van der Waals surface area contributed by atoms with E-state index >= 15 is 0 Å². The molecule has 3 amide bonds. The molecule has 4 N–H and O–H groups in total. The number of hydrogen-bond acceptors (Lipinski definition) is 4.